The van der Waals surface area contributed by atoms with Crippen LogP contribution in [-0.2, 0) is 0 Å². The van der Waals surface area contributed by atoms with Gasteiger partial charge in [-0.05, 0) is 18.2 Å². The zero-order valence-corrected chi connectivity index (χ0v) is 18.5. The van der Waals surface area contributed by atoms with E-state index in [2.05, 4.69) is 15.1 Å². The lowest BCUT2D eigenvalue weighted by Crippen LogP contribution is -2.55. The summed E-state index contributed by atoms with van der Waals surface area (Å²) in [6, 6.07) is 6.32. The third-order valence-corrected chi connectivity index (χ3v) is 5.70. The molecule has 34 heavy (non-hydrogen) atoms. The molecule has 4 aromatic rings. The largest absolute Gasteiger partial charge is 0.493 e. The highest BCUT2D eigenvalue weighted by atomic mass is 35.5. The first-order chi connectivity index (χ1) is 16.2. The molecule has 0 saturated heterocycles. The molecule has 0 spiro atoms. The van der Waals surface area contributed by atoms with Crippen LogP contribution in [0.2, 0.25) is 5.02 Å². The predicted octanol–water partition coefficient (Wildman–Crippen LogP) is 3.14. The fourth-order valence-electron chi connectivity index (χ4n) is 3.91. The summed E-state index contributed by atoms with van der Waals surface area (Å²) in [6.07, 6.45) is 4.61. The van der Waals surface area contributed by atoms with Gasteiger partial charge in [0.1, 0.15) is 24.1 Å². The lowest BCUT2D eigenvalue weighted by atomic mass is 9.77. The fraction of sp³-hybridized carbons (Fsp3) is 0.273. The Morgan fingerprint density at radius 2 is 1.91 bits per heavy atom. The van der Waals surface area contributed by atoms with Crippen LogP contribution in [0.15, 0.2) is 54.0 Å². The number of alkyl halides is 2. The Bertz CT molecular complexity index is 1430. The molecule has 176 valence electrons. The number of hydrogen-bond acceptors (Lipinski definition) is 7. The minimum atomic E-state index is -2.88. The van der Waals surface area contributed by atoms with Gasteiger partial charge in [0, 0.05) is 43.1 Å². The quantitative estimate of drug-likeness (QED) is 0.443. The van der Waals surface area contributed by atoms with Crippen molar-refractivity contribution in [3.8, 4) is 28.6 Å². The minimum absolute atomic E-state index is 0.252. The molecule has 3 heterocycles. The number of fused-ring (bicyclic) bond motifs is 1. The number of aliphatic hydroxyl groups is 1. The van der Waals surface area contributed by atoms with E-state index in [0.717, 1.165) is 0 Å². The van der Waals surface area contributed by atoms with E-state index in [1.807, 2.05) is 0 Å². The third kappa shape index (κ3) is 4.08. The van der Waals surface area contributed by atoms with E-state index in [-0.39, 0.29) is 23.7 Å². The zero-order valence-electron chi connectivity index (χ0n) is 17.8. The van der Waals surface area contributed by atoms with E-state index < -0.39 is 24.4 Å². The van der Waals surface area contributed by atoms with Gasteiger partial charge in [-0.2, -0.15) is 5.10 Å². The monoisotopic (exact) mass is 489 g/mol. The Balaban J connectivity index is 1.43. The molecule has 0 atom stereocenters. The Hall–Kier alpha value is -3.57. The van der Waals surface area contributed by atoms with Crippen LogP contribution in [-0.4, -0.2) is 54.5 Å². The second-order valence-corrected chi connectivity index (χ2v) is 8.58. The maximum absolute atomic E-state index is 13.1. The minimum Gasteiger partial charge on any atom is -0.493 e. The van der Waals surface area contributed by atoms with Crippen LogP contribution < -0.4 is 15.0 Å². The molecule has 9 nitrogen and oxygen atoms in total. The van der Waals surface area contributed by atoms with Crippen LogP contribution in [0.5, 0.6) is 11.5 Å². The highest BCUT2D eigenvalue weighted by Gasteiger charge is 2.56. The van der Waals surface area contributed by atoms with E-state index in [1.165, 1.54) is 41.0 Å². The zero-order chi connectivity index (χ0) is 24.1. The number of aromatic nitrogens is 5. The number of benzene rings is 1. The van der Waals surface area contributed by atoms with Gasteiger partial charge < -0.3 is 14.6 Å². The van der Waals surface area contributed by atoms with Gasteiger partial charge >= 0.3 is 0 Å². The molecule has 1 aliphatic rings. The SMILES string of the molecule is COc1cc(-n2cnn3cc(-c4ncc(Cl)cn4)cc3c2=O)ccc1OCC1(O)CC(F)(F)C1. The van der Waals surface area contributed by atoms with Gasteiger partial charge in [0.2, 0.25) is 0 Å². The summed E-state index contributed by atoms with van der Waals surface area (Å²) in [5, 5.41) is 14.8. The van der Waals surface area contributed by atoms with E-state index in [1.54, 1.807) is 24.4 Å². The standard InChI is InChI=1S/C22H18ClF2N5O4/c1-33-18-5-15(2-3-17(18)34-11-21(32)9-22(24,25)10-21)29-12-28-30-8-13(4-16(30)20(29)31)19-26-6-14(23)7-27-19/h2-8,12,32H,9-11H2,1H3. The van der Waals surface area contributed by atoms with Crippen molar-refractivity contribution in [2.24, 2.45) is 0 Å². The summed E-state index contributed by atoms with van der Waals surface area (Å²) in [6.45, 7) is -0.300. The molecular formula is C22H18ClF2N5O4. The van der Waals surface area contributed by atoms with Gasteiger partial charge in [-0.25, -0.2) is 23.3 Å². The van der Waals surface area contributed by atoms with Crippen LogP contribution >= 0.6 is 11.6 Å². The molecule has 0 aliphatic heterocycles. The number of halogens is 3. The van der Waals surface area contributed by atoms with Crippen molar-refractivity contribution in [3.05, 3.63) is 64.6 Å². The van der Waals surface area contributed by atoms with Gasteiger partial charge in [0.05, 0.1) is 17.8 Å². The Kier molecular flexibility index (Phi) is 5.25. The van der Waals surface area contributed by atoms with Crippen molar-refractivity contribution in [2.45, 2.75) is 24.4 Å². The summed E-state index contributed by atoms with van der Waals surface area (Å²) in [4.78, 5) is 21.5. The van der Waals surface area contributed by atoms with E-state index in [4.69, 9.17) is 21.1 Å². The summed E-state index contributed by atoms with van der Waals surface area (Å²) in [5.41, 5.74) is -0.594. The van der Waals surface area contributed by atoms with Crippen molar-refractivity contribution >= 4 is 17.1 Å². The Labute approximate surface area is 196 Å². The van der Waals surface area contributed by atoms with Crippen molar-refractivity contribution in [1.29, 1.82) is 0 Å². The molecule has 5 rings (SSSR count). The van der Waals surface area contributed by atoms with Gasteiger partial charge in [-0.1, -0.05) is 11.6 Å². The molecule has 0 bridgehead atoms. The molecule has 3 aromatic heterocycles. The topological polar surface area (TPSA) is 104 Å². The first-order valence-corrected chi connectivity index (χ1v) is 10.5. The van der Waals surface area contributed by atoms with Gasteiger partial charge in [0.25, 0.3) is 11.5 Å². The van der Waals surface area contributed by atoms with Crippen LogP contribution in [0.3, 0.4) is 0 Å². The average molecular weight is 490 g/mol. The predicted molar refractivity (Wildman–Crippen MR) is 118 cm³/mol. The van der Waals surface area contributed by atoms with Gasteiger partial charge in [-0.15, -0.1) is 0 Å². The molecule has 1 N–H and O–H groups in total. The highest BCUT2D eigenvalue weighted by Crippen LogP contribution is 2.46. The normalized spacial score (nSPS) is 16.3. The van der Waals surface area contributed by atoms with Crippen LogP contribution in [0.1, 0.15) is 12.8 Å². The van der Waals surface area contributed by atoms with E-state index in [0.29, 0.717) is 27.6 Å². The van der Waals surface area contributed by atoms with Gasteiger partial charge in [-0.3, -0.25) is 9.36 Å². The molecular weight excluding hydrogens is 472 g/mol. The molecule has 0 amide bonds. The highest BCUT2D eigenvalue weighted by molar-refractivity contribution is 6.30. The van der Waals surface area contributed by atoms with E-state index in [9.17, 15) is 18.7 Å². The molecule has 0 radical (unpaired) electrons. The summed E-state index contributed by atoms with van der Waals surface area (Å²) < 4.78 is 39.9. The number of hydrogen-bond donors (Lipinski definition) is 1. The van der Waals surface area contributed by atoms with Crippen molar-refractivity contribution in [3.63, 3.8) is 0 Å². The average Bonchev–Trinajstić information content (AvgIpc) is 3.22. The second kappa shape index (κ2) is 8.03. The Morgan fingerprint density at radius 1 is 1.18 bits per heavy atom. The lowest BCUT2D eigenvalue weighted by molar-refractivity contribution is -0.215. The number of rotatable bonds is 6. The van der Waals surface area contributed by atoms with Crippen molar-refractivity contribution in [2.75, 3.05) is 13.7 Å². The van der Waals surface area contributed by atoms with Crippen LogP contribution in [0.4, 0.5) is 8.78 Å². The van der Waals surface area contributed by atoms with Gasteiger partial charge in [0.15, 0.2) is 17.3 Å². The number of nitrogens with zero attached hydrogens (tertiary/aromatic N) is 5. The molecule has 12 heteroatoms. The Morgan fingerprint density at radius 3 is 2.59 bits per heavy atom. The van der Waals surface area contributed by atoms with Crippen molar-refractivity contribution in [1.82, 2.24) is 24.1 Å². The lowest BCUT2D eigenvalue weighted by Gasteiger charge is -2.42. The maximum atomic E-state index is 13.1. The summed E-state index contributed by atoms with van der Waals surface area (Å²) in [7, 11) is 1.41. The number of ether oxygens (including phenoxy) is 2. The van der Waals surface area contributed by atoms with Crippen molar-refractivity contribution < 1.29 is 23.4 Å². The van der Waals surface area contributed by atoms with E-state index >= 15 is 0 Å². The molecule has 1 aliphatic carbocycles. The molecule has 0 unspecified atom stereocenters. The maximum Gasteiger partial charge on any atom is 0.282 e. The molecule has 1 aromatic carbocycles. The number of methoxy groups -OCH3 is 1. The first-order valence-electron chi connectivity index (χ1n) is 10.2. The van der Waals surface area contributed by atoms with Crippen LogP contribution in [0.25, 0.3) is 22.6 Å². The first kappa shape index (κ1) is 22.2. The summed E-state index contributed by atoms with van der Waals surface area (Å²) in [5.74, 6) is -1.96. The molecule has 1 fully saturated rings. The fourth-order valence-corrected chi connectivity index (χ4v) is 4.01. The van der Waals surface area contributed by atoms with Crippen LogP contribution in [0, 0.1) is 0 Å². The smallest absolute Gasteiger partial charge is 0.282 e. The third-order valence-electron chi connectivity index (χ3n) is 5.51. The molecule has 1 saturated carbocycles. The summed E-state index contributed by atoms with van der Waals surface area (Å²) >= 11 is 5.83. The second-order valence-electron chi connectivity index (χ2n) is 8.15.